The minimum atomic E-state index is -0.104. The number of methoxy groups -OCH3 is 1. The van der Waals surface area contributed by atoms with Crippen LogP contribution >= 0.6 is 0 Å². The number of hydrogen-bond donors (Lipinski definition) is 1. The van der Waals surface area contributed by atoms with Gasteiger partial charge in [-0.25, -0.2) is 0 Å². The molecule has 1 aliphatic rings. The molecule has 1 atom stereocenters. The Hall–Kier alpha value is -3.99. The van der Waals surface area contributed by atoms with Gasteiger partial charge in [-0.15, -0.1) is 0 Å². The average Bonchev–Trinajstić information content (AvgIpc) is 3.13. The van der Waals surface area contributed by atoms with Crippen LogP contribution in [0.2, 0.25) is 0 Å². The number of ether oxygens (including phenoxy) is 2. The quantitative estimate of drug-likeness (QED) is 0.343. The Morgan fingerprint density at radius 3 is 2.68 bits per heavy atom. The number of amides is 1. The van der Waals surface area contributed by atoms with E-state index in [1.165, 1.54) is 5.56 Å². The topological polar surface area (TPSA) is 52.5 Å². The Bertz CT molecular complexity index is 1370. The average molecular weight is 453 g/mol. The maximum atomic E-state index is 12.9. The minimum absolute atomic E-state index is 0.00452. The lowest BCUT2D eigenvalue weighted by molar-refractivity contribution is -0.116. The van der Waals surface area contributed by atoms with Gasteiger partial charge in [0.1, 0.15) is 6.61 Å². The second-order valence-corrected chi connectivity index (χ2v) is 8.86. The maximum Gasteiger partial charge on any atom is 0.225 e. The summed E-state index contributed by atoms with van der Waals surface area (Å²) in [5, 5.41) is 4.21. The van der Waals surface area contributed by atoms with Gasteiger partial charge in [-0.3, -0.25) is 4.79 Å². The molecule has 1 N–H and O–H groups in total. The highest BCUT2D eigenvalue weighted by Gasteiger charge is 2.28. The van der Waals surface area contributed by atoms with E-state index in [0.29, 0.717) is 24.5 Å². The lowest BCUT2D eigenvalue weighted by Gasteiger charge is -2.17. The van der Waals surface area contributed by atoms with Crippen molar-refractivity contribution in [1.82, 2.24) is 4.57 Å². The lowest BCUT2D eigenvalue weighted by Crippen LogP contribution is -2.14. The van der Waals surface area contributed by atoms with Gasteiger partial charge in [0.2, 0.25) is 5.91 Å². The Morgan fingerprint density at radius 2 is 1.91 bits per heavy atom. The third kappa shape index (κ3) is 4.17. The molecule has 0 bridgehead atoms. The van der Waals surface area contributed by atoms with Crippen LogP contribution in [0.5, 0.6) is 11.5 Å². The van der Waals surface area contributed by atoms with Gasteiger partial charge in [-0.05, 0) is 53.5 Å². The smallest absolute Gasteiger partial charge is 0.225 e. The predicted molar refractivity (Wildman–Crippen MR) is 136 cm³/mol. The summed E-state index contributed by atoms with van der Waals surface area (Å²) in [7, 11) is 1.64. The van der Waals surface area contributed by atoms with E-state index in [9.17, 15) is 4.79 Å². The summed E-state index contributed by atoms with van der Waals surface area (Å²) in [6.45, 7) is 7.01. The largest absolute Gasteiger partial charge is 0.493 e. The van der Waals surface area contributed by atoms with E-state index >= 15 is 0 Å². The van der Waals surface area contributed by atoms with Crippen LogP contribution in [0.1, 0.15) is 36.0 Å². The van der Waals surface area contributed by atoms with Crippen LogP contribution in [-0.4, -0.2) is 24.2 Å². The monoisotopic (exact) mass is 452 g/mol. The van der Waals surface area contributed by atoms with E-state index in [-0.39, 0.29) is 11.8 Å². The summed E-state index contributed by atoms with van der Waals surface area (Å²) in [4.78, 5) is 12.9. The van der Waals surface area contributed by atoms with Gasteiger partial charge in [0.15, 0.2) is 11.5 Å². The maximum absolute atomic E-state index is 12.9. The van der Waals surface area contributed by atoms with Crippen molar-refractivity contribution in [1.29, 1.82) is 0 Å². The Kier molecular flexibility index (Phi) is 5.84. The molecular weight excluding hydrogens is 424 g/mol. The normalized spacial score (nSPS) is 15.0. The van der Waals surface area contributed by atoms with Gasteiger partial charge < -0.3 is 19.4 Å². The summed E-state index contributed by atoms with van der Waals surface area (Å²) in [5.74, 6) is 1.22. The molecule has 2 heterocycles. The molecule has 0 saturated heterocycles. The number of rotatable bonds is 7. The number of nitrogens with zero attached hydrogens (tertiary/aromatic N) is 1. The van der Waals surface area contributed by atoms with Crippen LogP contribution in [0, 0.1) is 0 Å². The minimum Gasteiger partial charge on any atom is -0.493 e. The molecule has 5 nitrogen and oxygen atoms in total. The second-order valence-electron chi connectivity index (χ2n) is 8.86. The zero-order valence-electron chi connectivity index (χ0n) is 19.5. The molecule has 1 amide bonds. The highest BCUT2D eigenvalue weighted by atomic mass is 16.5. The van der Waals surface area contributed by atoms with Crippen LogP contribution < -0.4 is 14.8 Å². The molecule has 0 aliphatic carbocycles. The highest BCUT2D eigenvalue weighted by molar-refractivity contribution is 6.06. The molecule has 0 saturated carbocycles. The van der Waals surface area contributed by atoms with E-state index in [4.69, 9.17) is 9.47 Å². The predicted octanol–water partition coefficient (Wildman–Crippen LogP) is 6.13. The summed E-state index contributed by atoms with van der Waals surface area (Å²) < 4.78 is 13.8. The van der Waals surface area contributed by atoms with Gasteiger partial charge in [0.25, 0.3) is 0 Å². The zero-order valence-corrected chi connectivity index (χ0v) is 19.5. The molecule has 5 rings (SSSR count). The molecule has 0 spiro atoms. The molecule has 3 aromatic carbocycles. The van der Waals surface area contributed by atoms with Gasteiger partial charge in [0.05, 0.1) is 18.3 Å². The van der Waals surface area contributed by atoms with Crippen molar-refractivity contribution in [2.24, 2.45) is 0 Å². The Balaban J connectivity index is 1.60. The van der Waals surface area contributed by atoms with Crippen LogP contribution in [-0.2, 0) is 11.3 Å². The van der Waals surface area contributed by atoms with E-state index in [1.54, 1.807) is 7.11 Å². The first-order valence-electron chi connectivity index (χ1n) is 11.4. The van der Waals surface area contributed by atoms with Crippen molar-refractivity contribution in [3.63, 3.8) is 0 Å². The molecule has 5 heteroatoms. The molecule has 1 aliphatic heterocycles. The molecule has 1 aromatic heterocycles. The van der Waals surface area contributed by atoms with E-state index < -0.39 is 0 Å². The molecular formula is C29H28N2O3. The van der Waals surface area contributed by atoms with Crippen molar-refractivity contribution >= 4 is 22.5 Å². The first kappa shape index (κ1) is 21.8. The number of aromatic nitrogens is 1. The van der Waals surface area contributed by atoms with E-state index in [2.05, 4.69) is 53.0 Å². The van der Waals surface area contributed by atoms with Crippen molar-refractivity contribution in [2.75, 3.05) is 19.0 Å². The molecule has 4 aromatic rings. The van der Waals surface area contributed by atoms with Gasteiger partial charge >= 0.3 is 0 Å². The number of hydrogen-bond acceptors (Lipinski definition) is 3. The zero-order chi connectivity index (χ0) is 23.7. The molecule has 0 fully saturated rings. The van der Waals surface area contributed by atoms with Gasteiger partial charge in [0, 0.05) is 30.5 Å². The Labute approximate surface area is 199 Å². The standard InChI is InChI=1S/C29H28N2O3/c1-19(2)18-34-26-13-12-21(14-27(26)33-3)22-15-28(32)30-24-10-7-11-25-29(24)23(22)17-31(25)16-20-8-5-4-6-9-20/h4-14,17,22H,1,15-16,18H2,2-3H3,(H,30,32). The van der Waals surface area contributed by atoms with E-state index in [1.807, 2.05) is 43.3 Å². The number of anilines is 1. The number of carbonyl (C=O) groups is 1. The number of carbonyl (C=O) groups excluding carboxylic acids is 1. The van der Waals surface area contributed by atoms with Crippen molar-refractivity contribution < 1.29 is 14.3 Å². The Morgan fingerprint density at radius 1 is 1.09 bits per heavy atom. The fraction of sp³-hybridized carbons (Fsp3) is 0.207. The summed E-state index contributed by atoms with van der Waals surface area (Å²) in [5.41, 5.74) is 6.29. The fourth-order valence-electron chi connectivity index (χ4n) is 4.68. The molecule has 1 unspecified atom stereocenters. The number of benzene rings is 3. The third-order valence-corrected chi connectivity index (χ3v) is 6.23. The van der Waals surface area contributed by atoms with Crippen LogP contribution in [0.25, 0.3) is 10.9 Å². The van der Waals surface area contributed by atoms with Gasteiger partial charge in [-0.1, -0.05) is 49.0 Å². The van der Waals surface area contributed by atoms with Crippen LogP contribution in [0.3, 0.4) is 0 Å². The summed E-state index contributed by atoms with van der Waals surface area (Å²) in [6.07, 6.45) is 2.55. The first-order valence-corrected chi connectivity index (χ1v) is 11.4. The molecule has 172 valence electrons. The van der Waals surface area contributed by atoms with E-state index in [0.717, 1.165) is 39.8 Å². The van der Waals surface area contributed by atoms with Gasteiger partial charge in [-0.2, -0.15) is 0 Å². The number of nitrogens with one attached hydrogen (secondary N) is 1. The lowest BCUT2D eigenvalue weighted by atomic mass is 9.88. The van der Waals surface area contributed by atoms with Crippen LogP contribution in [0.4, 0.5) is 5.69 Å². The SMILES string of the molecule is C=C(C)COc1ccc(C2CC(=O)Nc3cccc4c3c2cn4Cc2ccccc2)cc1OC. The summed E-state index contributed by atoms with van der Waals surface area (Å²) >= 11 is 0. The molecule has 0 radical (unpaired) electrons. The van der Waals surface area contributed by atoms with Crippen LogP contribution in [0.15, 0.2) is 85.1 Å². The van der Waals surface area contributed by atoms with Crippen molar-refractivity contribution in [3.8, 4) is 11.5 Å². The highest BCUT2D eigenvalue weighted by Crippen LogP contribution is 2.42. The second kappa shape index (κ2) is 9.10. The first-order chi connectivity index (χ1) is 16.5. The third-order valence-electron chi connectivity index (χ3n) is 6.23. The summed E-state index contributed by atoms with van der Waals surface area (Å²) in [6, 6.07) is 22.5. The molecule has 34 heavy (non-hydrogen) atoms. The fourth-order valence-corrected chi connectivity index (χ4v) is 4.68. The van der Waals surface area contributed by atoms with Crippen molar-refractivity contribution in [3.05, 3.63) is 102 Å². The van der Waals surface area contributed by atoms with Crippen molar-refractivity contribution in [2.45, 2.75) is 25.8 Å².